The highest BCUT2D eigenvalue weighted by atomic mass is 79.9. The summed E-state index contributed by atoms with van der Waals surface area (Å²) in [5.41, 5.74) is 0. The van der Waals surface area contributed by atoms with E-state index in [0.29, 0.717) is 0 Å². The summed E-state index contributed by atoms with van der Waals surface area (Å²) in [7, 11) is 2.57. The minimum absolute atomic E-state index is 0.852. The smallest absolute Gasteiger partial charge is 0.0506 e. The van der Waals surface area contributed by atoms with E-state index in [1.165, 1.54) is 0 Å². The molecule has 0 fully saturated rings. The van der Waals surface area contributed by atoms with E-state index in [1.54, 1.807) is 7.11 Å². The molecule has 1 atom stereocenters. The Kier molecular flexibility index (Phi) is 6.72. The fourth-order valence-corrected chi connectivity index (χ4v) is 0.908. The van der Waals surface area contributed by atoms with Crippen LogP contribution in [0.2, 0.25) is 0 Å². The molecular weight excluding hydrogens is 163 g/mol. The van der Waals surface area contributed by atoms with Crippen LogP contribution in [-0.4, -0.2) is 19.9 Å². The highest BCUT2D eigenvalue weighted by molar-refractivity contribution is 9.36. The topological polar surface area (TPSA) is 9.23 Å². The molecule has 0 saturated carbocycles. The van der Waals surface area contributed by atoms with Gasteiger partial charge in [-0.1, -0.05) is 15.5 Å². The van der Waals surface area contributed by atoms with Gasteiger partial charge in [-0.05, 0) is 13.4 Å². The molecule has 0 aliphatic heterocycles. The van der Waals surface area contributed by atoms with Gasteiger partial charge >= 0.3 is 0 Å². The van der Waals surface area contributed by atoms with Crippen molar-refractivity contribution >= 4 is 22.8 Å². The average Bonchev–Trinajstić information content (AvgIpc) is 1.61. The van der Waals surface area contributed by atoms with Crippen LogP contribution in [0, 0.1) is 0 Å². The van der Waals surface area contributed by atoms with E-state index in [-0.39, 0.29) is 0 Å². The lowest BCUT2D eigenvalue weighted by atomic mass is 10.9. The first kappa shape index (κ1) is 6.87. The number of hydrogen-bond acceptors (Lipinski definition) is 1. The molecule has 1 unspecified atom stereocenters. The number of halogens is 1. The van der Waals surface area contributed by atoms with Crippen molar-refractivity contribution in [3.63, 3.8) is 0 Å². The molecule has 1 nitrogen and oxygen atoms in total. The Bertz CT molecular complexity index is 22.8. The van der Waals surface area contributed by atoms with Gasteiger partial charge in [-0.15, -0.1) is 0 Å². The van der Waals surface area contributed by atoms with Crippen molar-refractivity contribution in [2.24, 2.45) is 0 Å². The summed E-state index contributed by atoms with van der Waals surface area (Å²) in [5, 5.41) is 0. The molecule has 0 saturated heterocycles. The summed E-state index contributed by atoms with van der Waals surface area (Å²) in [6.45, 7) is 0.879. The van der Waals surface area contributed by atoms with Crippen LogP contribution in [0.4, 0.5) is 0 Å². The Morgan fingerprint density at radius 1 is 1.83 bits per heavy atom. The number of hydrogen-bond donors (Lipinski definition) is 0. The number of rotatable bonds is 3. The molecule has 0 radical (unpaired) electrons. The normalized spacial score (nSPS) is 11.0. The van der Waals surface area contributed by atoms with Crippen molar-refractivity contribution in [3.05, 3.63) is 0 Å². The molecule has 0 aliphatic carbocycles. The van der Waals surface area contributed by atoms with E-state index >= 15 is 0 Å². The summed E-state index contributed by atoms with van der Waals surface area (Å²) in [4.78, 5) is 0. The minimum Gasteiger partial charge on any atom is -0.384 e. The van der Waals surface area contributed by atoms with Crippen LogP contribution in [0.15, 0.2) is 0 Å². The van der Waals surface area contributed by atoms with Crippen molar-refractivity contribution < 1.29 is 4.74 Å². The zero-order valence-electron chi connectivity index (χ0n) is 3.70. The predicted octanol–water partition coefficient (Wildman–Crippen LogP) is 1.62. The first-order chi connectivity index (χ1) is 2.91. The fourth-order valence-electron chi connectivity index (χ4n) is 0.141. The largest absolute Gasteiger partial charge is 0.384 e. The Balaban J connectivity index is 2.34. The van der Waals surface area contributed by atoms with Crippen LogP contribution in [0.1, 0.15) is 0 Å². The Morgan fingerprint density at radius 2 is 2.50 bits per heavy atom. The van der Waals surface area contributed by atoms with Gasteiger partial charge in [0.1, 0.15) is 0 Å². The monoisotopic (exact) mass is 170 g/mol. The van der Waals surface area contributed by atoms with Crippen molar-refractivity contribution in [2.45, 2.75) is 0 Å². The summed E-state index contributed by atoms with van der Waals surface area (Å²) < 4.78 is 4.76. The molecule has 0 rings (SSSR count). The van der Waals surface area contributed by atoms with Gasteiger partial charge in [-0.25, -0.2) is 0 Å². The van der Waals surface area contributed by atoms with E-state index in [4.69, 9.17) is 4.74 Å². The van der Waals surface area contributed by atoms with Crippen LogP contribution in [0.5, 0.6) is 0 Å². The molecule has 38 valence electrons. The van der Waals surface area contributed by atoms with Crippen LogP contribution in [0.3, 0.4) is 0 Å². The van der Waals surface area contributed by atoms with Crippen molar-refractivity contribution in [1.82, 2.24) is 0 Å². The molecule has 0 N–H and O–H groups in total. The molecule has 0 aromatic rings. The zero-order valence-corrected chi connectivity index (χ0v) is 6.29. The third-order valence-corrected chi connectivity index (χ3v) is 1.98. The predicted molar refractivity (Wildman–Crippen MR) is 34.0 cm³/mol. The van der Waals surface area contributed by atoms with E-state index in [0.717, 1.165) is 20.1 Å². The fraction of sp³-hybridized carbons (Fsp3) is 1.00. The SMILES string of the molecule is COCCPBr. The van der Waals surface area contributed by atoms with Crippen molar-refractivity contribution in [2.75, 3.05) is 19.9 Å². The maximum absolute atomic E-state index is 4.76. The maximum atomic E-state index is 4.76. The molecule has 6 heavy (non-hydrogen) atoms. The third kappa shape index (κ3) is 4.87. The molecule has 0 aromatic carbocycles. The summed E-state index contributed by atoms with van der Waals surface area (Å²) in [6.07, 6.45) is 1.14. The average molecular weight is 171 g/mol. The zero-order chi connectivity index (χ0) is 4.83. The lowest BCUT2D eigenvalue weighted by Crippen LogP contribution is -1.86. The van der Waals surface area contributed by atoms with Gasteiger partial charge in [0.25, 0.3) is 0 Å². The van der Waals surface area contributed by atoms with E-state index in [9.17, 15) is 0 Å². The molecule has 0 bridgehead atoms. The van der Waals surface area contributed by atoms with Gasteiger partial charge in [-0.3, -0.25) is 0 Å². The van der Waals surface area contributed by atoms with E-state index in [1.807, 2.05) is 0 Å². The van der Waals surface area contributed by atoms with Gasteiger partial charge in [0.2, 0.25) is 0 Å². The van der Waals surface area contributed by atoms with Crippen LogP contribution in [-0.2, 0) is 4.74 Å². The molecule has 0 spiro atoms. The summed E-state index contributed by atoms with van der Waals surface area (Å²) >= 11 is 3.30. The summed E-state index contributed by atoms with van der Waals surface area (Å²) in [6, 6.07) is 0. The van der Waals surface area contributed by atoms with E-state index in [2.05, 4.69) is 15.5 Å². The summed E-state index contributed by atoms with van der Waals surface area (Å²) in [5.74, 6) is 0. The first-order valence-corrected chi connectivity index (χ1v) is 5.20. The third-order valence-electron chi connectivity index (χ3n) is 0.401. The highest BCUT2D eigenvalue weighted by Gasteiger charge is 1.75. The maximum Gasteiger partial charge on any atom is 0.0506 e. The van der Waals surface area contributed by atoms with Crippen LogP contribution in [0.25, 0.3) is 0 Å². The van der Waals surface area contributed by atoms with Crippen LogP contribution >= 0.6 is 22.8 Å². The van der Waals surface area contributed by atoms with Gasteiger partial charge in [-0.2, -0.15) is 0 Å². The molecular formula is C3H8BrOP. The van der Waals surface area contributed by atoms with Gasteiger partial charge in [0.05, 0.1) is 6.61 Å². The molecule has 3 heteroatoms. The standard InChI is InChI=1S/C3H8BrOP/c1-5-2-3-6-4/h6H,2-3H2,1H3. The second-order valence-corrected chi connectivity index (χ2v) is 3.33. The minimum atomic E-state index is 0.852. The van der Waals surface area contributed by atoms with Crippen molar-refractivity contribution in [3.8, 4) is 0 Å². The quantitative estimate of drug-likeness (QED) is 0.463. The van der Waals surface area contributed by atoms with Gasteiger partial charge < -0.3 is 4.74 Å². The first-order valence-electron chi connectivity index (χ1n) is 1.74. The highest BCUT2D eigenvalue weighted by Crippen LogP contribution is 2.17. The van der Waals surface area contributed by atoms with Gasteiger partial charge in [0.15, 0.2) is 0 Å². The Labute approximate surface area is 48.0 Å². The lowest BCUT2D eigenvalue weighted by molar-refractivity contribution is 0.218. The molecule has 0 aliphatic rings. The van der Waals surface area contributed by atoms with Crippen LogP contribution < -0.4 is 0 Å². The number of methoxy groups -OCH3 is 1. The second-order valence-electron chi connectivity index (χ2n) is 0.876. The molecule has 0 heterocycles. The van der Waals surface area contributed by atoms with Crippen molar-refractivity contribution in [1.29, 1.82) is 0 Å². The Morgan fingerprint density at radius 3 is 2.67 bits per heavy atom. The molecule has 0 amide bonds. The van der Waals surface area contributed by atoms with Gasteiger partial charge in [0, 0.05) is 7.11 Å². The second kappa shape index (κ2) is 5.87. The lowest BCUT2D eigenvalue weighted by Gasteiger charge is -1.88. The Hall–Kier alpha value is 0.870. The number of ether oxygens (including phenoxy) is 1. The molecule has 0 aromatic heterocycles. The van der Waals surface area contributed by atoms with E-state index < -0.39 is 0 Å².